The van der Waals surface area contributed by atoms with E-state index in [0.717, 1.165) is 31.6 Å². The molecule has 0 N–H and O–H groups in total. The molecule has 3 nitrogen and oxygen atoms in total. The number of hydrogen-bond acceptors (Lipinski definition) is 2. The summed E-state index contributed by atoms with van der Waals surface area (Å²) in [5, 5.41) is 0. The highest BCUT2D eigenvalue weighted by atomic mass is 16.7. The second-order valence-corrected chi connectivity index (χ2v) is 3.40. The largest absolute Gasteiger partial charge is 0.377 e. The van der Waals surface area contributed by atoms with Gasteiger partial charge < -0.3 is 4.74 Å². The topological polar surface area (TPSA) is 22.3 Å². The molecule has 0 atom stereocenters. The molecule has 1 aromatic heterocycles. The van der Waals surface area contributed by atoms with Gasteiger partial charge in [-0.05, 0) is 19.4 Å². The van der Waals surface area contributed by atoms with Gasteiger partial charge in [0.2, 0.25) is 12.4 Å². The van der Waals surface area contributed by atoms with Gasteiger partial charge in [0, 0.05) is 23.0 Å². The molecule has 15 heavy (non-hydrogen) atoms. The zero-order valence-corrected chi connectivity index (χ0v) is 9.61. The molecule has 0 radical (unpaired) electrons. The Bertz CT molecular complexity index is 276. The van der Waals surface area contributed by atoms with Crippen molar-refractivity contribution in [3.05, 3.63) is 30.1 Å². The molecule has 0 spiro atoms. The summed E-state index contributed by atoms with van der Waals surface area (Å²) in [6.45, 7) is 6.30. The lowest BCUT2D eigenvalue weighted by atomic mass is 10.3. The molecule has 0 aliphatic heterocycles. The molecule has 1 aromatic rings. The lowest BCUT2D eigenvalue weighted by molar-refractivity contribution is -0.891. The molecule has 0 aromatic carbocycles. The number of unbranched alkanes of at least 4 members (excludes halogenated alkanes) is 1. The van der Waals surface area contributed by atoms with E-state index in [1.807, 2.05) is 31.5 Å². The zero-order chi connectivity index (χ0) is 10.9. The molecular formula is C12H20NO2+. The summed E-state index contributed by atoms with van der Waals surface area (Å²) < 4.78 is 7.09. The second-order valence-electron chi connectivity index (χ2n) is 3.40. The predicted octanol–water partition coefficient (Wildman–Crippen LogP) is 1.74. The second kappa shape index (κ2) is 7.23. The Morgan fingerprint density at radius 2 is 2.20 bits per heavy atom. The van der Waals surface area contributed by atoms with Crippen molar-refractivity contribution >= 4 is 0 Å². The summed E-state index contributed by atoms with van der Waals surface area (Å²) in [7, 11) is 0. The number of rotatable bonds is 7. The summed E-state index contributed by atoms with van der Waals surface area (Å²) >= 11 is 0. The molecule has 0 bridgehead atoms. The van der Waals surface area contributed by atoms with Gasteiger partial charge in [0.25, 0.3) is 0 Å². The van der Waals surface area contributed by atoms with Gasteiger partial charge in [0.1, 0.15) is 0 Å². The first-order chi connectivity index (χ1) is 7.36. The van der Waals surface area contributed by atoms with Gasteiger partial charge in [-0.2, -0.15) is 0 Å². The van der Waals surface area contributed by atoms with Crippen molar-refractivity contribution < 1.29 is 14.3 Å². The Balaban J connectivity index is 2.42. The molecule has 84 valence electrons. The van der Waals surface area contributed by atoms with Gasteiger partial charge in [-0.3, -0.25) is 4.84 Å². The van der Waals surface area contributed by atoms with E-state index < -0.39 is 0 Å². The van der Waals surface area contributed by atoms with Gasteiger partial charge in [0.15, 0.2) is 6.61 Å². The average Bonchev–Trinajstić information content (AvgIpc) is 2.27. The van der Waals surface area contributed by atoms with E-state index in [1.54, 1.807) is 4.73 Å². The molecule has 3 heteroatoms. The summed E-state index contributed by atoms with van der Waals surface area (Å²) in [5.74, 6) is 0. The summed E-state index contributed by atoms with van der Waals surface area (Å²) in [4.78, 5) is 5.53. The van der Waals surface area contributed by atoms with Crippen LogP contribution >= 0.6 is 0 Å². The van der Waals surface area contributed by atoms with E-state index in [0.29, 0.717) is 6.61 Å². The third-order valence-corrected chi connectivity index (χ3v) is 2.05. The van der Waals surface area contributed by atoms with Crippen LogP contribution in [0.1, 0.15) is 32.3 Å². The lowest BCUT2D eigenvalue weighted by Crippen LogP contribution is -2.42. The molecule has 0 amide bonds. The van der Waals surface area contributed by atoms with E-state index in [9.17, 15) is 0 Å². The monoisotopic (exact) mass is 210 g/mol. The highest BCUT2D eigenvalue weighted by molar-refractivity contribution is 5.03. The Labute approximate surface area is 91.6 Å². The van der Waals surface area contributed by atoms with E-state index in [4.69, 9.17) is 9.57 Å². The van der Waals surface area contributed by atoms with E-state index in [-0.39, 0.29) is 0 Å². The van der Waals surface area contributed by atoms with Crippen LogP contribution in [0.15, 0.2) is 24.5 Å². The van der Waals surface area contributed by atoms with Gasteiger partial charge in [-0.15, -0.1) is 0 Å². The fraction of sp³-hybridized carbons (Fsp3) is 0.583. The average molecular weight is 210 g/mol. The quantitative estimate of drug-likeness (QED) is 0.505. The fourth-order valence-corrected chi connectivity index (χ4v) is 1.20. The maximum absolute atomic E-state index is 5.53. The first-order valence-corrected chi connectivity index (χ1v) is 5.58. The van der Waals surface area contributed by atoms with Crippen molar-refractivity contribution in [2.24, 2.45) is 0 Å². The van der Waals surface area contributed by atoms with Gasteiger partial charge in [-0.25, -0.2) is 0 Å². The first kappa shape index (κ1) is 12.0. The van der Waals surface area contributed by atoms with Crippen molar-refractivity contribution in [3.8, 4) is 0 Å². The summed E-state index contributed by atoms with van der Waals surface area (Å²) in [6.07, 6.45) is 6.11. The highest BCUT2D eigenvalue weighted by Gasteiger charge is 2.03. The van der Waals surface area contributed by atoms with E-state index in [2.05, 4.69) is 6.92 Å². The number of aromatic nitrogens is 1. The van der Waals surface area contributed by atoms with Crippen molar-refractivity contribution in [2.45, 2.75) is 33.3 Å². The van der Waals surface area contributed by atoms with Gasteiger partial charge in [0.05, 0.1) is 6.61 Å². The van der Waals surface area contributed by atoms with Crippen molar-refractivity contribution in [2.75, 3.05) is 13.2 Å². The van der Waals surface area contributed by atoms with Crippen LogP contribution in [0.4, 0.5) is 0 Å². The smallest absolute Gasteiger partial charge is 0.227 e. The van der Waals surface area contributed by atoms with Crippen LogP contribution < -0.4 is 9.57 Å². The zero-order valence-electron chi connectivity index (χ0n) is 9.61. The number of nitrogens with zero attached hydrogens (tertiary/aromatic N) is 1. The van der Waals surface area contributed by atoms with Gasteiger partial charge >= 0.3 is 0 Å². The Kier molecular flexibility index (Phi) is 5.78. The number of hydrogen-bond donors (Lipinski definition) is 0. The van der Waals surface area contributed by atoms with Crippen LogP contribution in [0.5, 0.6) is 0 Å². The molecular weight excluding hydrogens is 190 g/mol. The summed E-state index contributed by atoms with van der Waals surface area (Å²) in [5.41, 5.74) is 1.14. The molecule has 0 saturated heterocycles. The highest BCUT2D eigenvalue weighted by Crippen LogP contribution is 1.96. The van der Waals surface area contributed by atoms with Crippen molar-refractivity contribution in [1.82, 2.24) is 0 Å². The third-order valence-electron chi connectivity index (χ3n) is 2.05. The molecule has 0 fully saturated rings. The summed E-state index contributed by atoms with van der Waals surface area (Å²) in [6, 6.07) is 4.01. The number of pyridine rings is 1. The Morgan fingerprint density at radius 1 is 1.33 bits per heavy atom. The first-order valence-electron chi connectivity index (χ1n) is 5.58. The Morgan fingerprint density at radius 3 is 2.93 bits per heavy atom. The molecule has 1 heterocycles. The van der Waals surface area contributed by atoms with Crippen LogP contribution in [0.2, 0.25) is 0 Å². The predicted molar refractivity (Wildman–Crippen MR) is 58.3 cm³/mol. The van der Waals surface area contributed by atoms with Crippen molar-refractivity contribution in [1.29, 1.82) is 0 Å². The van der Waals surface area contributed by atoms with Crippen LogP contribution in [0.3, 0.4) is 0 Å². The fourth-order valence-electron chi connectivity index (χ4n) is 1.20. The van der Waals surface area contributed by atoms with E-state index in [1.165, 1.54) is 0 Å². The van der Waals surface area contributed by atoms with Crippen LogP contribution in [-0.4, -0.2) is 13.2 Å². The Hall–Kier alpha value is -1.09. The SMILES string of the molecule is CCCCO[n+]1cccc(COCC)c1. The standard InChI is InChI=1S/C12H20NO2/c1-3-5-9-15-13-8-6-7-12(10-13)11-14-4-2/h6-8,10H,3-5,9,11H2,1-2H3/q+1. The van der Waals surface area contributed by atoms with Crippen LogP contribution in [-0.2, 0) is 11.3 Å². The molecule has 0 saturated carbocycles. The third kappa shape index (κ3) is 4.79. The minimum atomic E-state index is 0.647. The lowest BCUT2D eigenvalue weighted by Gasteiger charge is -2.00. The normalized spacial score (nSPS) is 10.3. The van der Waals surface area contributed by atoms with E-state index >= 15 is 0 Å². The van der Waals surface area contributed by atoms with Crippen molar-refractivity contribution in [3.63, 3.8) is 0 Å². The molecule has 0 aliphatic rings. The minimum absolute atomic E-state index is 0.647. The molecule has 1 rings (SSSR count). The maximum Gasteiger partial charge on any atom is 0.227 e. The van der Waals surface area contributed by atoms with Crippen LogP contribution in [0, 0.1) is 0 Å². The van der Waals surface area contributed by atoms with Crippen LogP contribution in [0.25, 0.3) is 0 Å². The minimum Gasteiger partial charge on any atom is -0.377 e. The molecule has 0 unspecified atom stereocenters. The van der Waals surface area contributed by atoms with Gasteiger partial charge in [-0.1, -0.05) is 13.3 Å². The number of ether oxygens (including phenoxy) is 1. The maximum atomic E-state index is 5.53. The molecule has 0 aliphatic carbocycles.